The van der Waals surface area contributed by atoms with Crippen LogP contribution in [0.3, 0.4) is 0 Å². The summed E-state index contributed by atoms with van der Waals surface area (Å²) in [6, 6.07) is -0.614. The average molecular weight is 793 g/mol. The number of nitrogens with zero attached hydrogens (tertiary/aromatic N) is 1. The Kier molecular flexibility index (Phi) is 38.1. The van der Waals surface area contributed by atoms with E-state index in [0.717, 1.165) is 44.9 Å². The molecule has 0 aliphatic carbocycles. The van der Waals surface area contributed by atoms with Crippen LogP contribution in [0, 0.1) is 0 Å². The molecule has 0 fully saturated rings. The van der Waals surface area contributed by atoms with Gasteiger partial charge in [0.1, 0.15) is 6.61 Å². The molecule has 8 nitrogen and oxygen atoms in total. The number of esters is 2. The Balaban J connectivity index is 4.29. The van der Waals surface area contributed by atoms with Gasteiger partial charge in [0.2, 0.25) is 0 Å². The summed E-state index contributed by atoms with van der Waals surface area (Å²) in [5.74, 6) is -1.47. The van der Waals surface area contributed by atoms with Crippen molar-refractivity contribution in [2.75, 3.05) is 41.0 Å². The van der Waals surface area contributed by atoms with Crippen LogP contribution in [0.25, 0.3) is 0 Å². The van der Waals surface area contributed by atoms with E-state index in [1.165, 1.54) is 135 Å². The van der Waals surface area contributed by atoms with Crippen LogP contribution in [0.1, 0.15) is 213 Å². The maximum absolute atomic E-state index is 12.7. The van der Waals surface area contributed by atoms with E-state index in [-0.39, 0.29) is 36.2 Å². The molecule has 2 atom stereocenters. The molecule has 8 heteroatoms. The fraction of sp³-hybridized carbons (Fsp3) is 0.854. The normalized spacial score (nSPS) is 13.1. The number of likely N-dealkylation sites (N-methyl/N-ethyl adjacent to an activating group) is 1. The molecule has 0 aromatic heterocycles. The van der Waals surface area contributed by atoms with Gasteiger partial charge in [0.05, 0.1) is 34.4 Å². The number of carboxylic acid groups (broad SMARTS) is 1. The highest BCUT2D eigenvalue weighted by atomic mass is 16.6. The van der Waals surface area contributed by atoms with Gasteiger partial charge >= 0.3 is 17.9 Å². The van der Waals surface area contributed by atoms with Crippen molar-refractivity contribution in [1.29, 1.82) is 0 Å². The smallest absolute Gasteiger partial charge is 0.362 e. The number of hydrogen-bond donors (Lipinski definition) is 1. The summed E-state index contributed by atoms with van der Waals surface area (Å²) < 4.78 is 17.3. The minimum Gasteiger partial charge on any atom is -0.477 e. The predicted octanol–water partition coefficient (Wildman–Crippen LogP) is 12.9. The maximum Gasteiger partial charge on any atom is 0.362 e. The maximum atomic E-state index is 12.7. The van der Waals surface area contributed by atoms with Gasteiger partial charge in [-0.1, -0.05) is 154 Å². The van der Waals surface area contributed by atoms with E-state index in [4.69, 9.17) is 14.2 Å². The fourth-order valence-electron chi connectivity index (χ4n) is 6.90. The zero-order valence-electron chi connectivity index (χ0n) is 37.3. The molecule has 328 valence electrons. The number of rotatable bonds is 42. The summed E-state index contributed by atoms with van der Waals surface area (Å²) in [6.45, 7) is 4.72. The summed E-state index contributed by atoms with van der Waals surface area (Å²) in [4.78, 5) is 37.0. The Morgan fingerprint density at radius 3 is 1.30 bits per heavy atom. The van der Waals surface area contributed by atoms with Crippen molar-refractivity contribution >= 4 is 17.9 Å². The number of quaternary nitrogens is 1. The van der Waals surface area contributed by atoms with Crippen LogP contribution >= 0.6 is 0 Å². The molecule has 56 heavy (non-hydrogen) atoms. The average Bonchev–Trinajstić information content (AvgIpc) is 3.15. The van der Waals surface area contributed by atoms with Gasteiger partial charge < -0.3 is 23.8 Å². The highest BCUT2D eigenvalue weighted by Crippen LogP contribution is 2.15. The molecule has 0 radical (unpaired) electrons. The summed E-state index contributed by atoms with van der Waals surface area (Å²) in [5, 5.41) is 9.62. The number of allylic oxidation sites excluding steroid dienone is 4. The highest BCUT2D eigenvalue weighted by Gasteiger charge is 2.31. The van der Waals surface area contributed by atoms with Gasteiger partial charge in [-0.05, 0) is 64.2 Å². The standard InChI is InChI=1S/C48H89NO7/c1-6-8-10-12-14-16-18-20-21-22-23-24-25-27-29-31-33-35-37-39-47(51)56-44(42-54-41-40-45(48(52)53)49(3,4)5)43-55-46(50)38-36-34-32-30-28-26-19-17-15-13-11-9-7-2/h17,19-21,44-45H,6-16,18,22-43H2,1-5H3/p+1/b19-17-,21-20-. The molecule has 0 aromatic rings. The molecule has 2 unspecified atom stereocenters. The van der Waals surface area contributed by atoms with E-state index >= 15 is 0 Å². The van der Waals surface area contributed by atoms with Crippen LogP contribution in [0.5, 0.6) is 0 Å². The quantitative estimate of drug-likeness (QED) is 0.0284. The molecule has 0 saturated carbocycles. The number of carbonyl (C=O) groups excluding carboxylic acids is 2. The molecule has 0 rings (SSSR count). The first kappa shape index (κ1) is 53.8. The topological polar surface area (TPSA) is 99.1 Å². The van der Waals surface area contributed by atoms with Crippen LogP contribution < -0.4 is 0 Å². The Morgan fingerprint density at radius 2 is 0.893 bits per heavy atom. The molecule has 0 heterocycles. The first-order valence-corrected chi connectivity index (χ1v) is 23.4. The lowest BCUT2D eigenvalue weighted by atomic mass is 10.1. The van der Waals surface area contributed by atoms with Crippen molar-refractivity contribution in [3.05, 3.63) is 24.3 Å². The molecule has 0 bridgehead atoms. The lowest BCUT2D eigenvalue weighted by Gasteiger charge is -2.31. The number of aliphatic carboxylic acids is 1. The van der Waals surface area contributed by atoms with Gasteiger partial charge in [-0.2, -0.15) is 0 Å². The number of carboxylic acids is 1. The van der Waals surface area contributed by atoms with E-state index in [1.54, 1.807) is 0 Å². The summed E-state index contributed by atoms with van der Waals surface area (Å²) in [6.07, 6.45) is 43.6. The van der Waals surface area contributed by atoms with Crippen molar-refractivity contribution in [3.8, 4) is 0 Å². The van der Waals surface area contributed by atoms with Crippen molar-refractivity contribution in [2.45, 2.75) is 225 Å². The van der Waals surface area contributed by atoms with Crippen molar-refractivity contribution in [1.82, 2.24) is 0 Å². The molecule has 0 aromatic carbocycles. The molecular formula is C48H90NO7+. The molecule has 0 aliphatic heterocycles. The van der Waals surface area contributed by atoms with E-state index in [0.29, 0.717) is 19.3 Å². The number of hydrogen-bond acceptors (Lipinski definition) is 6. The summed E-state index contributed by atoms with van der Waals surface area (Å²) in [7, 11) is 5.53. The third-order valence-electron chi connectivity index (χ3n) is 10.6. The number of ether oxygens (including phenoxy) is 3. The summed E-state index contributed by atoms with van der Waals surface area (Å²) in [5.41, 5.74) is 0. The van der Waals surface area contributed by atoms with Gasteiger partial charge in [0.15, 0.2) is 12.1 Å². The SMILES string of the molecule is CCCCCC/C=C\CCCCCCCC(=O)OCC(COCCC(C(=O)O)[N+](C)(C)C)OC(=O)CCCCCCCCCCC/C=C\CCCCCCCC. The van der Waals surface area contributed by atoms with Crippen LogP contribution in [-0.4, -0.2) is 80.6 Å². The van der Waals surface area contributed by atoms with Gasteiger partial charge in [0, 0.05) is 19.3 Å². The van der Waals surface area contributed by atoms with E-state index in [1.807, 2.05) is 21.1 Å². The lowest BCUT2D eigenvalue weighted by Crippen LogP contribution is -2.50. The predicted molar refractivity (Wildman–Crippen MR) is 234 cm³/mol. The van der Waals surface area contributed by atoms with Gasteiger partial charge in [-0.3, -0.25) is 9.59 Å². The second-order valence-corrected chi connectivity index (χ2v) is 17.0. The Morgan fingerprint density at radius 1 is 0.518 bits per heavy atom. The van der Waals surface area contributed by atoms with E-state index < -0.39 is 18.1 Å². The minimum absolute atomic E-state index is 0.0530. The van der Waals surface area contributed by atoms with Gasteiger partial charge in [-0.15, -0.1) is 0 Å². The first-order chi connectivity index (χ1) is 27.1. The van der Waals surface area contributed by atoms with Gasteiger partial charge in [0.25, 0.3) is 0 Å². The molecule has 0 aliphatic rings. The lowest BCUT2D eigenvalue weighted by molar-refractivity contribution is -0.887. The van der Waals surface area contributed by atoms with E-state index in [2.05, 4.69) is 38.2 Å². The number of unbranched alkanes of at least 4 members (excludes halogenated alkanes) is 24. The molecule has 1 N–H and O–H groups in total. The van der Waals surface area contributed by atoms with Gasteiger partial charge in [-0.25, -0.2) is 4.79 Å². The molecule has 0 saturated heterocycles. The Labute approximate surface area is 345 Å². The third kappa shape index (κ3) is 37.4. The highest BCUT2D eigenvalue weighted by molar-refractivity contribution is 5.72. The molecule has 0 spiro atoms. The summed E-state index contributed by atoms with van der Waals surface area (Å²) >= 11 is 0. The Bertz CT molecular complexity index is 973. The molecular weight excluding hydrogens is 703 g/mol. The largest absolute Gasteiger partial charge is 0.477 e. The molecule has 0 amide bonds. The monoisotopic (exact) mass is 793 g/mol. The van der Waals surface area contributed by atoms with E-state index in [9.17, 15) is 19.5 Å². The van der Waals surface area contributed by atoms with Crippen LogP contribution in [0.2, 0.25) is 0 Å². The van der Waals surface area contributed by atoms with Crippen molar-refractivity contribution in [2.24, 2.45) is 0 Å². The van der Waals surface area contributed by atoms with Crippen molar-refractivity contribution < 1.29 is 38.2 Å². The minimum atomic E-state index is -0.875. The fourth-order valence-corrected chi connectivity index (χ4v) is 6.90. The third-order valence-corrected chi connectivity index (χ3v) is 10.6. The zero-order valence-corrected chi connectivity index (χ0v) is 37.3. The number of carbonyl (C=O) groups is 3. The van der Waals surface area contributed by atoms with Crippen LogP contribution in [0.4, 0.5) is 0 Å². The second-order valence-electron chi connectivity index (χ2n) is 17.0. The zero-order chi connectivity index (χ0) is 41.4. The van der Waals surface area contributed by atoms with Crippen LogP contribution in [0.15, 0.2) is 24.3 Å². The first-order valence-electron chi connectivity index (χ1n) is 23.4. The van der Waals surface area contributed by atoms with Crippen molar-refractivity contribution in [3.63, 3.8) is 0 Å². The Hall–Kier alpha value is -2.19. The van der Waals surface area contributed by atoms with Crippen LogP contribution in [-0.2, 0) is 28.6 Å². The second kappa shape index (κ2) is 39.6.